The molecule has 0 bridgehead atoms. The molecule has 0 aliphatic heterocycles. The normalized spacial score (nSPS) is 11.2. The fourth-order valence-corrected chi connectivity index (χ4v) is 0.738. The minimum absolute atomic E-state index is 0.0272. The molecule has 4 heteroatoms. The molecule has 1 N–H and O–H groups in total. The van der Waals surface area contributed by atoms with E-state index in [1.165, 1.54) is 7.11 Å². The number of ether oxygens (including phenoxy) is 1. The van der Waals surface area contributed by atoms with E-state index in [9.17, 15) is 4.79 Å². The van der Waals surface area contributed by atoms with Crippen LogP contribution in [0.3, 0.4) is 0 Å². The van der Waals surface area contributed by atoms with Gasteiger partial charge in [-0.05, 0) is 13.8 Å². The van der Waals surface area contributed by atoms with Crippen molar-refractivity contribution < 1.29 is 9.53 Å². The number of nitriles is 1. The first-order valence-electron chi connectivity index (χ1n) is 3.60. The molecule has 0 saturated carbocycles. The molecule has 0 heterocycles. The Hall–Kier alpha value is -1.50. The third-order valence-electron chi connectivity index (χ3n) is 1.32. The van der Waals surface area contributed by atoms with Gasteiger partial charge in [0.1, 0.15) is 6.07 Å². The number of hydrogen-bond donors (Lipinski definition) is 1. The highest BCUT2D eigenvalue weighted by atomic mass is 16.5. The molecule has 0 aliphatic carbocycles. The van der Waals surface area contributed by atoms with Gasteiger partial charge in [0.05, 0.1) is 7.11 Å². The molecule has 12 heavy (non-hydrogen) atoms. The van der Waals surface area contributed by atoms with Crippen LogP contribution in [0.1, 0.15) is 13.8 Å². The summed E-state index contributed by atoms with van der Waals surface area (Å²) in [5, 5.41) is 11.4. The van der Waals surface area contributed by atoms with Gasteiger partial charge in [0.15, 0.2) is 5.57 Å². The van der Waals surface area contributed by atoms with Crippen molar-refractivity contribution in [3.8, 4) is 6.07 Å². The lowest BCUT2D eigenvalue weighted by Crippen LogP contribution is -2.16. The topological polar surface area (TPSA) is 62.1 Å². The Kier molecular flexibility index (Phi) is 4.54. The number of methoxy groups -OCH3 is 1. The minimum Gasteiger partial charge on any atom is -0.465 e. The Morgan fingerprint density at radius 2 is 2.25 bits per heavy atom. The Morgan fingerprint density at radius 3 is 2.58 bits per heavy atom. The van der Waals surface area contributed by atoms with Crippen LogP contribution in [0.4, 0.5) is 0 Å². The fraction of sp³-hybridized carbons (Fsp3) is 0.500. The van der Waals surface area contributed by atoms with Crippen LogP contribution in [-0.2, 0) is 9.53 Å². The van der Waals surface area contributed by atoms with Crippen molar-refractivity contribution in [3.05, 3.63) is 11.3 Å². The van der Waals surface area contributed by atoms with Crippen molar-refractivity contribution in [1.82, 2.24) is 5.32 Å². The monoisotopic (exact) mass is 168 g/mol. The maximum atomic E-state index is 10.9. The second-order valence-electron chi connectivity index (χ2n) is 2.13. The van der Waals surface area contributed by atoms with Gasteiger partial charge in [-0.15, -0.1) is 0 Å². The molecule has 0 saturated heterocycles. The first-order valence-corrected chi connectivity index (χ1v) is 3.60. The van der Waals surface area contributed by atoms with E-state index in [2.05, 4.69) is 10.1 Å². The van der Waals surface area contributed by atoms with Crippen molar-refractivity contribution in [2.75, 3.05) is 13.7 Å². The Morgan fingerprint density at radius 1 is 1.67 bits per heavy atom. The van der Waals surface area contributed by atoms with E-state index in [1.807, 2.05) is 6.92 Å². The first kappa shape index (κ1) is 10.5. The molecule has 0 aromatic carbocycles. The van der Waals surface area contributed by atoms with Crippen LogP contribution < -0.4 is 5.32 Å². The molecule has 66 valence electrons. The molecule has 0 radical (unpaired) electrons. The predicted octanol–water partition coefficient (Wildman–Crippen LogP) is 0.566. The van der Waals surface area contributed by atoms with E-state index >= 15 is 0 Å². The Balaban J connectivity index is 4.64. The fourth-order valence-electron chi connectivity index (χ4n) is 0.738. The van der Waals surface area contributed by atoms with Crippen molar-refractivity contribution in [2.45, 2.75) is 13.8 Å². The van der Waals surface area contributed by atoms with Gasteiger partial charge < -0.3 is 10.1 Å². The highest BCUT2D eigenvalue weighted by Crippen LogP contribution is 2.01. The number of allylic oxidation sites excluding steroid dienone is 1. The van der Waals surface area contributed by atoms with Gasteiger partial charge in [0, 0.05) is 12.2 Å². The summed E-state index contributed by atoms with van der Waals surface area (Å²) in [6.07, 6.45) is 0. The number of esters is 1. The van der Waals surface area contributed by atoms with Crippen molar-refractivity contribution >= 4 is 5.97 Å². The van der Waals surface area contributed by atoms with Crippen molar-refractivity contribution in [1.29, 1.82) is 5.26 Å². The maximum Gasteiger partial charge on any atom is 0.350 e. The van der Waals surface area contributed by atoms with Gasteiger partial charge in [-0.3, -0.25) is 0 Å². The molecule has 0 spiro atoms. The predicted molar refractivity (Wildman–Crippen MR) is 44.0 cm³/mol. The number of carbonyl (C=O) groups is 1. The van der Waals surface area contributed by atoms with Crippen molar-refractivity contribution in [2.24, 2.45) is 0 Å². The largest absolute Gasteiger partial charge is 0.465 e. The number of rotatable bonds is 3. The highest BCUT2D eigenvalue weighted by molar-refractivity contribution is 5.93. The zero-order valence-corrected chi connectivity index (χ0v) is 7.47. The molecular weight excluding hydrogens is 156 g/mol. The summed E-state index contributed by atoms with van der Waals surface area (Å²) in [5.41, 5.74) is 0.575. The number of nitrogens with one attached hydrogen (secondary N) is 1. The SMILES string of the molecule is CCN/C(C)=C(\C#N)C(=O)OC. The lowest BCUT2D eigenvalue weighted by atomic mass is 10.2. The summed E-state index contributed by atoms with van der Waals surface area (Å²) in [6, 6.07) is 1.78. The van der Waals surface area contributed by atoms with Crippen LogP contribution in [0.2, 0.25) is 0 Å². The number of carbonyl (C=O) groups excluding carboxylic acids is 1. The molecule has 0 fully saturated rings. The van der Waals surface area contributed by atoms with Crippen LogP contribution in [0.15, 0.2) is 11.3 Å². The molecule has 0 amide bonds. The average Bonchev–Trinajstić information content (AvgIpc) is 2.06. The lowest BCUT2D eigenvalue weighted by Gasteiger charge is -2.04. The molecule has 0 unspecified atom stereocenters. The number of nitrogens with zero attached hydrogens (tertiary/aromatic N) is 1. The van der Waals surface area contributed by atoms with E-state index in [4.69, 9.17) is 5.26 Å². The van der Waals surface area contributed by atoms with Gasteiger partial charge in [-0.1, -0.05) is 0 Å². The van der Waals surface area contributed by atoms with Crippen LogP contribution in [0, 0.1) is 11.3 Å². The van der Waals surface area contributed by atoms with E-state index in [0.717, 1.165) is 0 Å². The van der Waals surface area contributed by atoms with Crippen LogP contribution in [0.25, 0.3) is 0 Å². The van der Waals surface area contributed by atoms with Crippen LogP contribution >= 0.6 is 0 Å². The molecule has 0 aromatic rings. The average molecular weight is 168 g/mol. The Labute approximate surface area is 71.8 Å². The summed E-state index contributed by atoms with van der Waals surface area (Å²) in [6.45, 7) is 4.22. The standard InChI is InChI=1S/C8H12N2O2/c1-4-10-6(2)7(5-9)8(11)12-3/h10H,4H2,1-3H3/b7-6+. The summed E-state index contributed by atoms with van der Waals surface area (Å²) in [4.78, 5) is 10.9. The summed E-state index contributed by atoms with van der Waals surface area (Å²) in [5.74, 6) is -0.601. The van der Waals surface area contributed by atoms with Gasteiger partial charge in [-0.2, -0.15) is 5.26 Å². The van der Waals surface area contributed by atoms with Crippen LogP contribution in [-0.4, -0.2) is 19.6 Å². The minimum atomic E-state index is -0.601. The second-order valence-corrected chi connectivity index (χ2v) is 2.13. The molecule has 0 rings (SSSR count). The lowest BCUT2D eigenvalue weighted by molar-refractivity contribution is -0.135. The van der Waals surface area contributed by atoms with E-state index in [1.54, 1.807) is 13.0 Å². The van der Waals surface area contributed by atoms with Gasteiger partial charge in [-0.25, -0.2) is 4.79 Å². The van der Waals surface area contributed by atoms with E-state index < -0.39 is 5.97 Å². The third kappa shape index (κ3) is 2.62. The highest BCUT2D eigenvalue weighted by Gasteiger charge is 2.11. The summed E-state index contributed by atoms with van der Waals surface area (Å²) >= 11 is 0. The quantitative estimate of drug-likeness (QED) is 0.380. The summed E-state index contributed by atoms with van der Waals surface area (Å²) in [7, 11) is 1.25. The molecule has 0 aromatic heterocycles. The second kappa shape index (κ2) is 5.19. The van der Waals surface area contributed by atoms with E-state index in [-0.39, 0.29) is 5.57 Å². The maximum absolute atomic E-state index is 10.9. The molecule has 4 nitrogen and oxygen atoms in total. The summed E-state index contributed by atoms with van der Waals surface area (Å²) < 4.78 is 4.41. The zero-order chi connectivity index (χ0) is 9.56. The third-order valence-corrected chi connectivity index (χ3v) is 1.32. The number of hydrogen-bond acceptors (Lipinski definition) is 4. The van der Waals surface area contributed by atoms with Crippen molar-refractivity contribution in [3.63, 3.8) is 0 Å². The molecular formula is C8H12N2O2. The van der Waals surface area contributed by atoms with Crippen LogP contribution in [0.5, 0.6) is 0 Å². The Bertz CT molecular complexity index is 238. The molecule has 0 aliphatic rings. The first-order chi connectivity index (χ1) is 5.67. The van der Waals surface area contributed by atoms with Gasteiger partial charge >= 0.3 is 5.97 Å². The van der Waals surface area contributed by atoms with E-state index in [0.29, 0.717) is 12.2 Å². The molecule has 0 atom stereocenters. The zero-order valence-electron chi connectivity index (χ0n) is 7.47. The smallest absolute Gasteiger partial charge is 0.350 e. The van der Waals surface area contributed by atoms with Gasteiger partial charge in [0.25, 0.3) is 0 Å². The van der Waals surface area contributed by atoms with Gasteiger partial charge in [0.2, 0.25) is 0 Å².